The summed E-state index contributed by atoms with van der Waals surface area (Å²) >= 11 is 0. The molecule has 7 nitrogen and oxygen atoms in total. The second-order valence-corrected chi connectivity index (χ2v) is 4.19. The molecule has 2 aromatic carbocycles. The largest absolute Gasteiger partial charge is 0.355 e. The van der Waals surface area contributed by atoms with E-state index in [1.165, 1.54) is 6.07 Å². The van der Waals surface area contributed by atoms with Gasteiger partial charge in [0.15, 0.2) is 0 Å². The zero-order chi connectivity index (χ0) is 14.3. The number of nitro groups is 2. The molecule has 0 unspecified atom stereocenters. The van der Waals surface area contributed by atoms with Crippen LogP contribution < -0.4 is 0 Å². The van der Waals surface area contributed by atoms with E-state index in [-0.39, 0.29) is 5.39 Å². The van der Waals surface area contributed by atoms with E-state index in [0.717, 1.165) is 6.07 Å². The minimum Gasteiger partial charge on any atom is -0.258 e. The summed E-state index contributed by atoms with van der Waals surface area (Å²) in [6.45, 7) is 0. The second-order valence-electron chi connectivity index (χ2n) is 4.19. The van der Waals surface area contributed by atoms with Crippen molar-refractivity contribution in [2.24, 2.45) is 0 Å². The lowest BCUT2D eigenvalue weighted by Crippen LogP contribution is -1.98. The molecule has 7 heteroatoms. The smallest absolute Gasteiger partial charge is 0.258 e. The van der Waals surface area contributed by atoms with Crippen molar-refractivity contribution in [3.05, 3.63) is 62.8 Å². The summed E-state index contributed by atoms with van der Waals surface area (Å²) in [4.78, 5) is 24.9. The van der Waals surface area contributed by atoms with Crippen LogP contribution in [0.4, 0.5) is 11.4 Å². The maximum Gasteiger partial charge on any atom is 0.355 e. The number of hydrogen-bond donors (Lipinski definition) is 0. The summed E-state index contributed by atoms with van der Waals surface area (Å²) in [7, 11) is 0. The van der Waals surface area contributed by atoms with Crippen LogP contribution in [0.2, 0.25) is 0 Å². The predicted molar refractivity (Wildman–Crippen MR) is 72.6 cm³/mol. The van der Waals surface area contributed by atoms with Gasteiger partial charge in [-0.3, -0.25) is 25.2 Å². The zero-order valence-electron chi connectivity index (χ0n) is 10.0. The van der Waals surface area contributed by atoms with Gasteiger partial charge in [0.2, 0.25) is 0 Å². The van der Waals surface area contributed by atoms with Crippen molar-refractivity contribution in [3.8, 4) is 0 Å². The molecule has 20 heavy (non-hydrogen) atoms. The van der Waals surface area contributed by atoms with E-state index in [1.807, 2.05) is 0 Å². The monoisotopic (exact) mass is 269 g/mol. The van der Waals surface area contributed by atoms with Gasteiger partial charge in [-0.2, -0.15) is 0 Å². The molecule has 0 radical (unpaired) electrons. The van der Waals surface area contributed by atoms with E-state index < -0.39 is 21.2 Å². The molecule has 3 rings (SSSR count). The SMILES string of the molecule is O=[N+]([O-])c1ccc2ncc3ccccc3c2c1[N+](=O)[O-]. The molecule has 0 amide bonds. The third kappa shape index (κ3) is 1.64. The van der Waals surface area contributed by atoms with Crippen LogP contribution in [0.1, 0.15) is 0 Å². The topological polar surface area (TPSA) is 99.2 Å². The number of aromatic nitrogens is 1. The van der Waals surface area contributed by atoms with Crippen LogP contribution in [0.25, 0.3) is 21.7 Å². The fourth-order valence-corrected chi connectivity index (χ4v) is 2.25. The second kappa shape index (κ2) is 4.23. The van der Waals surface area contributed by atoms with Crippen molar-refractivity contribution >= 4 is 33.1 Å². The summed E-state index contributed by atoms with van der Waals surface area (Å²) in [5, 5.41) is 23.7. The van der Waals surface area contributed by atoms with Gasteiger partial charge in [-0.15, -0.1) is 0 Å². The van der Waals surface area contributed by atoms with E-state index in [4.69, 9.17) is 0 Å². The molecule has 0 spiro atoms. The third-order valence-corrected chi connectivity index (χ3v) is 3.09. The highest BCUT2D eigenvalue weighted by Crippen LogP contribution is 2.37. The molecule has 3 aromatic rings. The number of benzene rings is 2. The molecular weight excluding hydrogens is 262 g/mol. The highest BCUT2D eigenvalue weighted by Gasteiger charge is 2.28. The lowest BCUT2D eigenvalue weighted by molar-refractivity contribution is -0.421. The van der Waals surface area contributed by atoms with Gasteiger partial charge < -0.3 is 0 Å². The summed E-state index contributed by atoms with van der Waals surface area (Å²) in [6, 6.07) is 9.49. The normalized spacial score (nSPS) is 10.8. The molecule has 1 heterocycles. The van der Waals surface area contributed by atoms with Gasteiger partial charge in [-0.05, 0) is 11.5 Å². The molecule has 0 bridgehead atoms. The standard InChI is InChI=1S/C13H7N3O4/c17-15(18)11-6-5-10-12(13(11)16(19)20)9-4-2-1-3-8(9)7-14-10/h1-7H. The highest BCUT2D eigenvalue weighted by molar-refractivity contribution is 6.11. The summed E-state index contributed by atoms with van der Waals surface area (Å²) < 4.78 is 0. The predicted octanol–water partition coefficient (Wildman–Crippen LogP) is 3.20. The van der Waals surface area contributed by atoms with Gasteiger partial charge in [0.1, 0.15) is 0 Å². The van der Waals surface area contributed by atoms with Crippen molar-refractivity contribution in [2.45, 2.75) is 0 Å². The van der Waals surface area contributed by atoms with Crippen LogP contribution in [-0.2, 0) is 0 Å². The van der Waals surface area contributed by atoms with Gasteiger partial charge >= 0.3 is 11.4 Å². The van der Waals surface area contributed by atoms with E-state index in [0.29, 0.717) is 16.3 Å². The maximum atomic E-state index is 11.3. The van der Waals surface area contributed by atoms with Crippen molar-refractivity contribution in [2.75, 3.05) is 0 Å². The van der Waals surface area contributed by atoms with Crippen LogP contribution in [0, 0.1) is 20.2 Å². The van der Waals surface area contributed by atoms with Gasteiger partial charge in [0, 0.05) is 17.6 Å². The highest BCUT2D eigenvalue weighted by atomic mass is 16.6. The molecule has 0 aliphatic rings. The minimum absolute atomic E-state index is 0.197. The van der Waals surface area contributed by atoms with E-state index in [9.17, 15) is 20.2 Å². The Morgan fingerprint density at radius 3 is 2.40 bits per heavy atom. The number of pyridine rings is 1. The fourth-order valence-electron chi connectivity index (χ4n) is 2.25. The Morgan fingerprint density at radius 1 is 0.950 bits per heavy atom. The Balaban J connectivity index is 2.60. The molecule has 98 valence electrons. The summed E-state index contributed by atoms with van der Waals surface area (Å²) in [5.41, 5.74) is -0.682. The molecule has 0 N–H and O–H groups in total. The lowest BCUT2D eigenvalue weighted by Gasteiger charge is -2.04. The summed E-state index contributed by atoms with van der Waals surface area (Å²) in [6.07, 6.45) is 1.59. The van der Waals surface area contributed by atoms with Crippen LogP contribution in [0.5, 0.6) is 0 Å². The minimum atomic E-state index is -0.751. The number of fused-ring (bicyclic) bond motifs is 3. The number of hydrogen-bond acceptors (Lipinski definition) is 5. The van der Waals surface area contributed by atoms with Crippen LogP contribution in [0.15, 0.2) is 42.6 Å². The first-order chi connectivity index (χ1) is 9.59. The molecule has 0 aliphatic heterocycles. The molecular formula is C13H7N3O4. The number of rotatable bonds is 2. The Hall–Kier alpha value is -3.09. The zero-order valence-corrected chi connectivity index (χ0v) is 10.0. The first-order valence-electron chi connectivity index (χ1n) is 5.69. The van der Waals surface area contributed by atoms with Crippen molar-refractivity contribution in [3.63, 3.8) is 0 Å². The van der Waals surface area contributed by atoms with Crippen molar-refractivity contribution in [1.29, 1.82) is 0 Å². The Morgan fingerprint density at radius 2 is 1.70 bits per heavy atom. The first-order valence-corrected chi connectivity index (χ1v) is 5.69. The van der Waals surface area contributed by atoms with Crippen molar-refractivity contribution < 1.29 is 9.85 Å². The van der Waals surface area contributed by atoms with Gasteiger partial charge in [0.25, 0.3) is 0 Å². The van der Waals surface area contributed by atoms with Crippen LogP contribution in [-0.4, -0.2) is 14.8 Å². The third-order valence-electron chi connectivity index (χ3n) is 3.09. The van der Waals surface area contributed by atoms with Crippen LogP contribution in [0.3, 0.4) is 0 Å². The average Bonchev–Trinajstić information content (AvgIpc) is 2.45. The fraction of sp³-hybridized carbons (Fsp3) is 0. The average molecular weight is 269 g/mol. The van der Waals surface area contributed by atoms with Gasteiger partial charge in [0.05, 0.1) is 20.7 Å². The molecule has 0 aliphatic carbocycles. The first kappa shape index (κ1) is 12.0. The van der Waals surface area contributed by atoms with Gasteiger partial charge in [-0.1, -0.05) is 24.3 Å². The maximum absolute atomic E-state index is 11.3. The summed E-state index contributed by atoms with van der Waals surface area (Å²) in [5.74, 6) is 0. The number of nitrogens with zero attached hydrogens (tertiary/aromatic N) is 3. The van der Waals surface area contributed by atoms with E-state index >= 15 is 0 Å². The van der Waals surface area contributed by atoms with Gasteiger partial charge in [-0.25, -0.2) is 0 Å². The van der Waals surface area contributed by atoms with Crippen molar-refractivity contribution in [1.82, 2.24) is 4.98 Å². The van der Waals surface area contributed by atoms with E-state index in [2.05, 4.69) is 4.98 Å². The van der Waals surface area contributed by atoms with E-state index in [1.54, 1.807) is 30.5 Å². The lowest BCUT2D eigenvalue weighted by atomic mass is 10.0. The molecule has 0 saturated carbocycles. The van der Waals surface area contributed by atoms with Crippen LogP contribution >= 0.6 is 0 Å². The molecule has 0 saturated heterocycles. The Labute approximate surface area is 111 Å². The molecule has 0 fully saturated rings. The Bertz CT molecular complexity index is 876. The quantitative estimate of drug-likeness (QED) is 0.404. The Kier molecular flexibility index (Phi) is 2.53. The molecule has 1 aromatic heterocycles. The number of nitro benzene ring substituents is 2. The molecule has 0 atom stereocenters.